The molecular formula is C14H15ClN2S2. The first-order valence-electron chi connectivity index (χ1n) is 6.26. The molecule has 0 aliphatic carbocycles. The van der Waals surface area contributed by atoms with Crippen LogP contribution in [0.5, 0.6) is 0 Å². The zero-order valence-corrected chi connectivity index (χ0v) is 13.2. The molecule has 0 radical (unpaired) electrons. The van der Waals surface area contributed by atoms with Gasteiger partial charge in [-0.25, -0.2) is 4.98 Å². The molecule has 2 aromatic heterocycles. The van der Waals surface area contributed by atoms with Gasteiger partial charge in [0, 0.05) is 5.25 Å². The molecule has 1 aliphatic rings. The van der Waals surface area contributed by atoms with Gasteiger partial charge in [-0.2, -0.15) is 0 Å². The minimum absolute atomic E-state index is 0.375. The molecule has 1 unspecified atom stereocenters. The molecule has 0 saturated heterocycles. The van der Waals surface area contributed by atoms with Crippen molar-refractivity contribution in [1.29, 1.82) is 0 Å². The van der Waals surface area contributed by atoms with Crippen LogP contribution in [0.15, 0.2) is 27.9 Å². The summed E-state index contributed by atoms with van der Waals surface area (Å²) < 4.78 is 1.44. The first-order chi connectivity index (χ1) is 9.13. The van der Waals surface area contributed by atoms with E-state index in [-0.39, 0.29) is 0 Å². The lowest BCUT2D eigenvalue weighted by molar-refractivity contribution is 0.669. The fourth-order valence-corrected chi connectivity index (χ4v) is 4.99. The van der Waals surface area contributed by atoms with Gasteiger partial charge in [0.15, 0.2) is 0 Å². The molecule has 0 fully saturated rings. The van der Waals surface area contributed by atoms with Crippen LogP contribution in [-0.2, 0) is 0 Å². The quantitative estimate of drug-likeness (QED) is 0.777. The van der Waals surface area contributed by atoms with E-state index in [4.69, 9.17) is 11.6 Å². The van der Waals surface area contributed by atoms with E-state index >= 15 is 0 Å². The number of anilines is 1. The summed E-state index contributed by atoms with van der Waals surface area (Å²) in [6, 6.07) is 4.67. The molecule has 2 atom stereocenters. The zero-order chi connectivity index (χ0) is 13.4. The number of hydrogen-bond donors (Lipinski definition) is 1. The lowest BCUT2D eigenvalue weighted by atomic mass is 10.0. The van der Waals surface area contributed by atoms with Crippen LogP contribution in [0.2, 0.25) is 5.15 Å². The van der Waals surface area contributed by atoms with E-state index < -0.39 is 0 Å². The maximum absolute atomic E-state index is 5.97. The number of aromatic nitrogens is 1. The van der Waals surface area contributed by atoms with Crippen molar-refractivity contribution in [3.63, 3.8) is 0 Å². The summed E-state index contributed by atoms with van der Waals surface area (Å²) in [5.41, 5.74) is 3.47. The second-order valence-corrected chi connectivity index (χ2v) is 7.84. The number of pyridine rings is 1. The molecule has 19 heavy (non-hydrogen) atoms. The highest BCUT2D eigenvalue weighted by Gasteiger charge is 2.26. The van der Waals surface area contributed by atoms with Crippen molar-refractivity contribution in [3.8, 4) is 0 Å². The molecule has 0 bridgehead atoms. The predicted octanol–water partition coefficient (Wildman–Crippen LogP) is 5.14. The van der Waals surface area contributed by atoms with Gasteiger partial charge >= 0.3 is 0 Å². The van der Waals surface area contributed by atoms with Crippen molar-refractivity contribution in [1.82, 2.24) is 4.98 Å². The van der Waals surface area contributed by atoms with E-state index in [1.54, 1.807) is 0 Å². The monoisotopic (exact) mass is 310 g/mol. The SMILES string of the molecule is Cc1cc(NC2C[C@H](C)Sc3sccc32)cnc1Cl. The Morgan fingerprint density at radius 3 is 3.11 bits per heavy atom. The van der Waals surface area contributed by atoms with Crippen molar-refractivity contribution >= 4 is 40.4 Å². The van der Waals surface area contributed by atoms with Crippen molar-refractivity contribution in [2.45, 2.75) is 35.8 Å². The van der Waals surface area contributed by atoms with Gasteiger partial charge in [0.25, 0.3) is 0 Å². The van der Waals surface area contributed by atoms with Crippen LogP contribution >= 0.6 is 34.7 Å². The number of rotatable bonds is 2. The Kier molecular flexibility index (Phi) is 3.74. The maximum Gasteiger partial charge on any atom is 0.132 e. The molecule has 0 saturated carbocycles. The lowest BCUT2D eigenvalue weighted by Crippen LogP contribution is -2.19. The van der Waals surface area contributed by atoms with Gasteiger partial charge in [0.2, 0.25) is 0 Å². The van der Waals surface area contributed by atoms with Crippen LogP contribution in [0.25, 0.3) is 0 Å². The number of nitrogens with zero attached hydrogens (tertiary/aromatic N) is 1. The average molecular weight is 311 g/mol. The number of aryl methyl sites for hydroxylation is 1. The molecule has 100 valence electrons. The first kappa shape index (κ1) is 13.3. The Bertz CT molecular complexity index is 597. The van der Waals surface area contributed by atoms with E-state index in [9.17, 15) is 0 Å². The van der Waals surface area contributed by atoms with E-state index in [1.807, 2.05) is 36.2 Å². The molecule has 1 N–H and O–H groups in total. The van der Waals surface area contributed by atoms with Crippen molar-refractivity contribution in [2.75, 3.05) is 5.32 Å². The van der Waals surface area contributed by atoms with E-state index in [0.29, 0.717) is 16.4 Å². The van der Waals surface area contributed by atoms with Crippen molar-refractivity contribution < 1.29 is 0 Å². The minimum atomic E-state index is 0.375. The summed E-state index contributed by atoms with van der Waals surface area (Å²) in [6.45, 7) is 4.27. The summed E-state index contributed by atoms with van der Waals surface area (Å²) in [5, 5.41) is 6.99. The number of hydrogen-bond acceptors (Lipinski definition) is 4. The molecule has 3 heterocycles. The third-order valence-electron chi connectivity index (χ3n) is 3.26. The van der Waals surface area contributed by atoms with E-state index in [2.05, 4.69) is 34.7 Å². The molecule has 0 spiro atoms. The third kappa shape index (κ3) is 2.76. The zero-order valence-electron chi connectivity index (χ0n) is 10.8. The van der Waals surface area contributed by atoms with E-state index in [1.165, 1.54) is 9.77 Å². The smallest absolute Gasteiger partial charge is 0.132 e. The van der Waals surface area contributed by atoms with Gasteiger partial charge in [-0.3, -0.25) is 0 Å². The molecular weight excluding hydrogens is 296 g/mol. The van der Waals surface area contributed by atoms with Crippen molar-refractivity contribution in [3.05, 3.63) is 40.0 Å². The number of thiophene rings is 1. The summed E-state index contributed by atoms with van der Waals surface area (Å²) in [7, 11) is 0. The fraction of sp³-hybridized carbons (Fsp3) is 0.357. The summed E-state index contributed by atoms with van der Waals surface area (Å²) >= 11 is 9.79. The maximum atomic E-state index is 5.97. The second-order valence-electron chi connectivity index (χ2n) is 4.86. The van der Waals surface area contributed by atoms with Gasteiger partial charge < -0.3 is 5.32 Å². The summed E-state index contributed by atoms with van der Waals surface area (Å²) in [4.78, 5) is 4.21. The fourth-order valence-electron chi connectivity index (χ4n) is 2.32. The Morgan fingerprint density at radius 2 is 2.32 bits per heavy atom. The number of nitrogens with one attached hydrogen (secondary N) is 1. The lowest BCUT2D eigenvalue weighted by Gasteiger charge is -2.28. The van der Waals surface area contributed by atoms with Crippen LogP contribution < -0.4 is 5.32 Å². The topological polar surface area (TPSA) is 24.9 Å². The van der Waals surface area contributed by atoms with Gasteiger partial charge in [0.05, 0.1) is 22.1 Å². The van der Waals surface area contributed by atoms with Crippen molar-refractivity contribution in [2.24, 2.45) is 0 Å². The number of halogens is 1. The van der Waals surface area contributed by atoms with Crippen LogP contribution in [-0.4, -0.2) is 10.2 Å². The minimum Gasteiger partial charge on any atom is -0.377 e. The van der Waals surface area contributed by atoms with E-state index in [0.717, 1.165) is 17.7 Å². The van der Waals surface area contributed by atoms with Gasteiger partial charge in [-0.1, -0.05) is 18.5 Å². The third-order valence-corrected chi connectivity index (χ3v) is 6.00. The Hall–Kier alpha value is -0.710. The summed E-state index contributed by atoms with van der Waals surface area (Å²) in [5.74, 6) is 0. The average Bonchev–Trinajstić information content (AvgIpc) is 2.82. The molecule has 3 rings (SSSR count). The largest absolute Gasteiger partial charge is 0.377 e. The van der Waals surface area contributed by atoms with Gasteiger partial charge in [-0.05, 0) is 42.0 Å². The molecule has 1 aliphatic heterocycles. The van der Waals surface area contributed by atoms with Gasteiger partial charge in [0.1, 0.15) is 5.15 Å². The Balaban J connectivity index is 1.86. The second kappa shape index (κ2) is 5.35. The standard InChI is InChI=1S/C14H15ClN2S2/c1-8-5-10(7-16-13(8)15)17-12-6-9(2)19-14-11(12)3-4-18-14/h3-5,7,9,12,17H,6H2,1-2H3/t9-,12?/m0/s1. The normalized spacial score (nSPS) is 22.1. The Labute approximate surface area is 126 Å². The van der Waals surface area contributed by atoms with Crippen LogP contribution in [0.3, 0.4) is 0 Å². The highest BCUT2D eigenvalue weighted by molar-refractivity contribution is 8.01. The number of fused-ring (bicyclic) bond motifs is 1. The highest BCUT2D eigenvalue weighted by atomic mass is 35.5. The first-order valence-corrected chi connectivity index (χ1v) is 8.40. The van der Waals surface area contributed by atoms with Gasteiger partial charge in [-0.15, -0.1) is 23.1 Å². The Morgan fingerprint density at radius 1 is 1.47 bits per heavy atom. The molecule has 2 aromatic rings. The molecule has 0 aromatic carbocycles. The summed E-state index contributed by atoms with van der Waals surface area (Å²) in [6.07, 6.45) is 2.95. The van der Waals surface area contributed by atoms with Crippen LogP contribution in [0.1, 0.15) is 30.5 Å². The number of thioether (sulfide) groups is 1. The molecule has 2 nitrogen and oxygen atoms in total. The predicted molar refractivity (Wildman–Crippen MR) is 84.6 cm³/mol. The van der Waals surface area contributed by atoms with Crippen LogP contribution in [0.4, 0.5) is 5.69 Å². The van der Waals surface area contributed by atoms with Crippen LogP contribution in [0, 0.1) is 6.92 Å². The highest BCUT2D eigenvalue weighted by Crippen LogP contribution is 2.44. The molecule has 5 heteroatoms. The molecule has 0 amide bonds.